The van der Waals surface area contributed by atoms with Gasteiger partial charge in [-0.15, -0.1) is 22.7 Å². The molecule has 260 valence electrons. The lowest BCUT2D eigenvalue weighted by molar-refractivity contribution is -0.132. The molecule has 0 aliphatic carbocycles. The number of benzene rings is 3. The molecular formula is C45H46N2O2S2. The van der Waals surface area contributed by atoms with E-state index in [-0.39, 0.29) is 32.6 Å². The third-order valence-corrected chi connectivity index (χ3v) is 14.2. The van der Waals surface area contributed by atoms with E-state index >= 15 is 0 Å². The second kappa shape index (κ2) is 10.2. The summed E-state index contributed by atoms with van der Waals surface area (Å²) in [5.74, 6) is -1.20. The van der Waals surface area contributed by atoms with E-state index in [1.165, 1.54) is 89.4 Å². The Morgan fingerprint density at radius 1 is 0.667 bits per heavy atom. The molecule has 0 atom stereocenters. The number of carbonyl (C=O) groups is 1. The first-order chi connectivity index (χ1) is 23.6. The molecule has 4 nitrogen and oxygen atoms in total. The van der Waals surface area contributed by atoms with E-state index < -0.39 is 5.97 Å². The Labute approximate surface area is 310 Å². The molecule has 0 spiro atoms. The van der Waals surface area contributed by atoms with Crippen LogP contribution < -0.4 is 4.90 Å². The van der Waals surface area contributed by atoms with Crippen molar-refractivity contribution in [3.05, 3.63) is 103 Å². The molecule has 51 heavy (non-hydrogen) atoms. The Bertz CT molecular complexity index is 2320. The SMILES string of the molecule is CC(C)(C)c1cc2c3c(c1)C(C)(C)c1cc(C(C)(C)C)cc4c1N3c1c(cc(-c3cc5sc(/C=C(\C#N)C(=O)O)cc5s3)cc1C4(C)C)C2(C)C. The first-order valence-electron chi connectivity index (χ1n) is 17.8. The number of anilines is 3. The van der Waals surface area contributed by atoms with Gasteiger partial charge in [0, 0.05) is 35.4 Å². The zero-order valence-electron chi connectivity index (χ0n) is 31.8. The lowest BCUT2D eigenvalue weighted by atomic mass is 9.59. The summed E-state index contributed by atoms with van der Waals surface area (Å²) in [7, 11) is 0. The van der Waals surface area contributed by atoms with E-state index in [1.807, 2.05) is 6.07 Å². The number of nitriles is 1. The average molecular weight is 711 g/mol. The minimum atomic E-state index is -1.20. The van der Waals surface area contributed by atoms with Gasteiger partial charge in [-0.1, -0.05) is 107 Å². The second-order valence-electron chi connectivity index (χ2n) is 18.4. The van der Waals surface area contributed by atoms with Gasteiger partial charge in [0.25, 0.3) is 0 Å². The Hall–Kier alpha value is -4.18. The van der Waals surface area contributed by atoms with Crippen molar-refractivity contribution in [2.75, 3.05) is 4.90 Å². The Morgan fingerprint density at radius 2 is 1.06 bits per heavy atom. The highest BCUT2D eigenvalue weighted by molar-refractivity contribution is 7.29. The molecule has 0 radical (unpaired) electrons. The normalized spacial score (nSPS) is 17.7. The van der Waals surface area contributed by atoms with Crippen LogP contribution in [-0.2, 0) is 31.9 Å². The molecule has 0 saturated carbocycles. The zero-order chi connectivity index (χ0) is 37.0. The number of carboxylic acids is 1. The van der Waals surface area contributed by atoms with Crippen molar-refractivity contribution >= 4 is 61.2 Å². The summed E-state index contributed by atoms with van der Waals surface area (Å²) in [5.41, 5.74) is 15.3. The molecule has 0 fully saturated rings. The minimum absolute atomic E-state index is 0.0111. The first-order valence-corrected chi connectivity index (χ1v) is 19.5. The van der Waals surface area contributed by atoms with Gasteiger partial charge in [-0.05, 0) is 91.2 Å². The Morgan fingerprint density at radius 3 is 1.41 bits per heavy atom. The Kier molecular flexibility index (Phi) is 6.81. The fourth-order valence-corrected chi connectivity index (χ4v) is 11.0. The highest BCUT2D eigenvalue weighted by atomic mass is 32.1. The highest BCUT2D eigenvalue weighted by Crippen LogP contribution is 2.67. The van der Waals surface area contributed by atoms with Crippen LogP contribution in [0.2, 0.25) is 0 Å². The molecule has 6 heteroatoms. The third kappa shape index (κ3) is 4.63. The van der Waals surface area contributed by atoms with E-state index in [4.69, 9.17) is 0 Å². The molecular weight excluding hydrogens is 665 g/mol. The Balaban J connectivity index is 1.44. The number of hydrogen-bond acceptors (Lipinski definition) is 5. The maximum absolute atomic E-state index is 11.5. The number of thiophene rings is 2. The standard InChI is InChI=1S/C45H46N2O2S2/c1-41(2,3)25-16-30-38-32(18-25)45(11,12)33-19-26(42(4,5)6)17-31-39(33)47(38)37-28(43(30,7)8)14-23(15-29(37)44(31,9)10)34-21-36-35(51-34)20-27(50-36)13-24(22-46)40(48)49/h13-21H,1-12H3,(H,48,49)/b24-13+. The minimum Gasteiger partial charge on any atom is -0.477 e. The van der Waals surface area contributed by atoms with Crippen LogP contribution in [0.4, 0.5) is 17.1 Å². The molecule has 5 heterocycles. The molecule has 5 aromatic rings. The summed E-state index contributed by atoms with van der Waals surface area (Å²) in [6.45, 7) is 28.5. The van der Waals surface area contributed by atoms with E-state index in [1.54, 1.807) is 17.4 Å². The van der Waals surface area contributed by atoms with Crippen LogP contribution in [0, 0.1) is 11.3 Å². The van der Waals surface area contributed by atoms with E-state index in [0.717, 1.165) is 14.3 Å². The molecule has 0 bridgehead atoms. The van der Waals surface area contributed by atoms with Crippen LogP contribution >= 0.6 is 22.7 Å². The van der Waals surface area contributed by atoms with Gasteiger partial charge in [-0.3, -0.25) is 0 Å². The molecule has 3 aliphatic rings. The maximum Gasteiger partial charge on any atom is 0.346 e. The highest BCUT2D eigenvalue weighted by Gasteiger charge is 2.52. The van der Waals surface area contributed by atoms with Gasteiger partial charge in [0.2, 0.25) is 0 Å². The van der Waals surface area contributed by atoms with Gasteiger partial charge in [-0.2, -0.15) is 5.26 Å². The van der Waals surface area contributed by atoms with E-state index in [9.17, 15) is 15.2 Å². The smallest absolute Gasteiger partial charge is 0.346 e. The molecule has 3 aromatic carbocycles. The van der Waals surface area contributed by atoms with Gasteiger partial charge >= 0.3 is 5.97 Å². The number of aliphatic carboxylic acids is 1. The number of nitrogens with zero attached hydrogens (tertiary/aromatic N) is 2. The molecule has 1 N–H and O–H groups in total. The third-order valence-electron chi connectivity index (χ3n) is 11.9. The fourth-order valence-electron chi connectivity index (χ4n) is 8.62. The summed E-state index contributed by atoms with van der Waals surface area (Å²) in [5, 5.41) is 18.7. The van der Waals surface area contributed by atoms with Crippen molar-refractivity contribution in [2.45, 2.75) is 110 Å². The van der Waals surface area contributed by atoms with Crippen LogP contribution in [0.5, 0.6) is 0 Å². The lowest BCUT2D eigenvalue weighted by Crippen LogP contribution is -2.44. The lowest BCUT2D eigenvalue weighted by Gasteiger charge is -2.55. The van der Waals surface area contributed by atoms with Crippen molar-refractivity contribution in [3.63, 3.8) is 0 Å². The molecule has 0 unspecified atom stereocenters. The molecule has 2 aromatic heterocycles. The number of carboxylic acid groups (broad SMARTS) is 1. The van der Waals surface area contributed by atoms with Gasteiger partial charge in [0.05, 0.1) is 17.1 Å². The monoisotopic (exact) mass is 710 g/mol. The van der Waals surface area contributed by atoms with Crippen LogP contribution in [0.3, 0.4) is 0 Å². The number of fused-ring (bicyclic) bond motifs is 1. The van der Waals surface area contributed by atoms with Crippen molar-refractivity contribution in [3.8, 4) is 16.5 Å². The summed E-state index contributed by atoms with van der Waals surface area (Å²) < 4.78 is 2.20. The predicted octanol–water partition coefficient (Wildman–Crippen LogP) is 12.6. The van der Waals surface area contributed by atoms with Crippen molar-refractivity contribution in [1.82, 2.24) is 0 Å². The predicted molar refractivity (Wildman–Crippen MR) is 215 cm³/mol. The van der Waals surface area contributed by atoms with Crippen LogP contribution in [-0.4, -0.2) is 11.1 Å². The number of hydrogen-bond donors (Lipinski definition) is 1. The van der Waals surface area contributed by atoms with Crippen LogP contribution in [0.1, 0.15) is 132 Å². The second-order valence-corrected chi connectivity index (χ2v) is 20.6. The van der Waals surface area contributed by atoms with E-state index in [2.05, 4.69) is 130 Å². The van der Waals surface area contributed by atoms with E-state index in [0.29, 0.717) is 0 Å². The molecule has 0 saturated heterocycles. The molecule has 0 amide bonds. The quantitative estimate of drug-likeness (QED) is 0.150. The summed E-state index contributed by atoms with van der Waals surface area (Å²) >= 11 is 3.27. The van der Waals surface area contributed by atoms with Gasteiger partial charge in [0.1, 0.15) is 11.6 Å². The van der Waals surface area contributed by atoms with Crippen molar-refractivity contribution < 1.29 is 9.90 Å². The molecule has 8 rings (SSSR count). The zero-order valence-corrected chi connectivity index (χ0v) is 33.4. The first kappa shape index (κ1) is 33.9. The van der Waals surface area contributed by atoms with Crippen molar-refractivity contribution in [2.24, 2.45) is 0 Å². The van der Waals surface area contributed by atoms with Crippen molar-refractivity contribution in [1.29, 1.82) is 5.26 Å². The van der Waals surface area contributed by atoms with Crippen LogP contribution in [0.15, 0.2) is 54.1 Å². The topological polar surface area (TPSA) is 64.3 Å². The van der Waals surface area contributed by atoms with Gasteiger partial charge in [-0.25, -0.2) is 4.79 Å². The van der Waals surface area contributed by atoms with Gasteiger partial charge < -0.3 is 10.0 Å². The molecule has 3 aliphatic heterocycles. The number of rotatable bonds is 3. The van der Waals surface area contributed by atoms with Crippen LogP contribution in [0.25, 0.3) is 25.9 Å². The summed E-state index contributed by atoms with van der Waals surface area (Å²) in [4.78, 5) is 16.1. The summed E-state index contributed by atoms with van der Waals surface area (Å²) in [6, 6.07) is 21.0. The summed E-state index contributed by atoms with van der Waals surface area (Å²) in [6.07, 6.45) is 1.47. The average Bonchev–Trinajstić information content (AvgIpc) is 3.60. The fraction of sp³-hybridized carbons (Fsp3) is 0.378. The largest absolute Gasteiger partial charge is 0.477 e. The maximum atomic E-state index is 11.5. The van der Waals surface area contributed by atoms with Gasteiger partial charge in [0.15, 0.2) is 0 Å².